The molecular formula is C22H29N3O. The molecule has 0 saturated carbocycles. The number of hydrogen-bond acceptors (Lipinski definition) is 4. The smallest absolute Gasteiger partial charge is 0.131 e. The maximum Gasteiger partial charge on any atom is 0.131 e. The van der Waals surface area contributed by atoms with Gasteiger partial charge < -0.3 is 9.64 Å². The van der Waals surface area contributed by atoms with Gasteiger partial charge in [0.1, 0.15) is 5.82 Å². The van der Waals surface area contributed by atoms with Crippen molar-refractivity contribution >= 4 is 5.82 Å². The maximum absolute atomic E-state index is 6.38. The van der Waals surface area contributed by atoms with E-state index in [1.165, 1.54) is 11.1 Å². The van der Waals surface area contributed by atoms with Crippen LogP contribution >= 0.6 is 0 Å². The Bertz CT molecular complexity index is 725. The van der Waals surface area contributed by atoms with Crippen molar-refractivity contribution in [1.82, 2.24) is 9.88 Å². The summed E-state index contributed by atoms with van der Waals surface area (Å²) in [7, 11) is 2.23. The molecule has 2 aromatic rings. The van der Waals surface area contributed by atoms with Crippen LogP contribution in [-0.2, 0) is 11.3 Å². The van der Waals surface area contributed by atoms with E-state index >= 15 is 0 Å². The first-order valence-corrected chi connectivity index (χ1v) is 9.70. The average molecular weight is 351 g/mol. The first-order chi connectivity index (χ1) is 12.7. The lowest BCUT2D eigenvalue weighted by atomic mass is 9.87. The van der Waals surface area contributed by atoms with E-state index in [-0.39, 0.29) is 5.60 Å². The molecule has 4 heteroatoms. The Kier molecular flexibility index (Phi) is 4.96. The molecule has 2 aliphatic rings. The molecule has 1 unspecified atom stereocenters. The number of aryl methyl sites for hydroxylation is 1. The second-order valence-corrected chi connectivity index (χ2v) is 7.88. The van der Waals surface area contributed by atoms with Crippen LogP contribution in [0, 0.1) is 6.92 Å². The Labute approximate surface area is 156 Å². The number of rotatable bonds is 4. The van der Waals surface area contributed by atoms with Gasteiger partial charge in [0, 0.05) is 31.9 Å². The topological polar surface area (TPSA) is 28.6 Å². The van der Waals surface area contributed by atoms with Gasteiger partial charge in [0.15, 0.2) is 0 Å². The Balaban J connectivity index is 1.35. The van der Waals surface area contributed by atoms with Gasteiger partial charge in [-0.25, -0.2) is 4.98 Å². The van der Waals surface area contributed by atoms with E-state index in [0.29, 0.717) is 6.04 Å². The largest absolute Gasteiger partial charge is 0.373 e. The van der Waals surface area contributed by atoms with Crippen molar-refractivity contribution in [3.63, 3.8) is 0 Å². The molecule has 1 aromatic heterocycles. The number of hydrogen-bond donors (Lipinski definition) is 0. The molecule has 26 heavy (non-hydrogen) atoms. The summed E-state index contributed by atoms with van der Waals surface area (Å²) in [5.74, 6) is 1.14. The maximum atomic E-state index is 6.38. The van der Waals surface area contributed by atoms with Gasteiger partial charge in [-0.15, -0.1) is 0 Å². The van der Waals surface area contributed by atoms with E-state index in [4.69, 9.17) is 4.74 Å². The van der Waals surface area contributed by atoms with Crippen LogP contribution in [0.4, 0.5) is 5.82 Å². The molecule has 0 radical (unpaired) electrons. The Morgan fingerprint density at radius 2 is 1.92 bits per heavy atom. The van der Waals surface area contributed by atoms with Crippen LogP contribution in [-0.4, -0.2) is 48.3 Å². The zero-order valence-corrected chi connectivity index (χ0v) is 15.9. The zero-order chi connectivity index (χ0) is 18.0. The van der Waals surface area contributed by atoms with E-state index < -0.39 is 0 Å². The predicted molar refractivity (Wildman–Crippen MR) is 105 cm³/mol. The summed E-state index contributed by atoms with van der Waals surface area (Å²) in [5, 5.41) is 0. The zero-order valence-electron chi connectivity index (χ0n) is 15.9. The highest BCUT2D eigenvalue weighted by molar-refractivity contribution is 5.46. The number of ether oxygens (including phenoxy) is 1. The molecule has 4 rings (SSSR count). The Morgan fingerprint density at radius 3 is 2.65 bits per heavy atom. The fraction of sp³-hybridized carbons (Fsp3) is 0.500. The summed E-state index contributed by atoms with van der Waals surface area (Å²) >= 11 is 0. The van der Waals surface area contributed by atoms with Crippen LogP contribution in [0.5, 0.6) is 0 Å². The number of nitrogens with zero attached hydrogens (tertiary/aromatic N) is 3. The van der Waals surface area contributed by atoms with Gasteiger partial charge in [-0.05, 0) is 50.4 Å². The minimum Gasteiger partial charge on any atom is -0.373 e. The number of anilines is 1. The van der Waals surface area contributed by atoms with Crippen molar-refractivity contribution in [2.24, 2.45) is 0 Å². The summed E-state index contributed by atoms with van der Waals surface area (Å²) in [6.45, 7) is 6.06. The molecule has 0 aliphatic carbocycles. The fourth-order valence-corrected chi connectivity index (χ4v) is 4.39. The highest BCUT2D eigenvalue weighted by Gasteiger charge is 2.44. The van der Waals surface area contributed by atoms with Gasteiger partial charge in [-0.2, -0.15) is 0 Å². The van der Waals surface area contributed by atoms with E-state index in [1.807, 2.05) is 12.3 Å². The van der Waals surface area contributed by atoms with Crippen LogP contribution in [0.25, 0.3) is 0 Å². The molecular weight excluding hydrogens is 322 g/mol. The van der Waals surface area contributed by atoms with Crippen molar-refractivity contribution in [3.05, 3.63) is 59.8 Å². The van der Waals surface area contributed by atoms with Crippen molar-refractivity contribution < 1.29 is 4.74 Å². The summed E-state index contributed by atoms with van der Waals surface area (Å²) in [6, 6.07) is 15.4. The van der Waals surface area contributed by atoms with Crippen LogP contribution in [0.15, 0.2) is 48.7 Å². The quantitative estimate of drug-likeness (QED) is 0.841. The molecule has 0 N–H and O–H groups in total. The van der Waals surface area contributed by atoms with E-state index in [1.54, 1.807) is 0 Å². The monoisotopic (exact) mass is 351 g/mol. The predicted octanol–water partition coefficient (Wildman–Crippen LogP) is 3.65. The molecule has 1 spiro atoms. The second-order valence-electron chi connectivity index (χ2n) is 7.88. The highest BCUT2D eigenvalue weighted by atomic mass is 16.5. The van der Waals surface area contributed by atoms with E-state index in [9.17, 15) is 0 Å². The van der Waals surface area contributed by atoms with Crippen LogP contribution in [0.3, 0.4) is 0 Å². The molecule has 4 nitrogen and oxygen atoms in total. The van der Waals surface area contributed by atoms with Gasteiger partial charge in [0.25, 0.3) is 0 Å². The SMILES string of the molecule is Cc1cccnc1N1CCC2(CC1)CC(N(C)Cc1ccccc1)CO2. The third-order valence-electron chi connectivity index (χ3n) is 6.04. The van der Waals surface area contributed by atoms with Crippen LogP contribution in [0.1, 0.15) is 30.4 Å². The highest BCUT2D eigenvalue weighted by Crippen LogP contribution is 2.38. The third kappa shape index (κ3) is 3.62. The lowest BCUT2D eigenvalue weighted by molar-refractivity contribution is -0.0158. The summed E-state index contributed by atoms with van der Waals surface area (Å²) in [5.41, 5.74) is 2.70. The van der Waals surface area contributed by atoms with Crippen molar-refractivity contribution in [2.75, 3.05) is 31.6 Å². The first kappa shape index (κ1) is 17.5. The van der Waals surface area contributed by atoms with Gasteiger partial charge in [-0.3, -0.25) is 4.90 Å². The standard InChI is InChI=1S/C22H29N3O/c1-18-7-6-12-23-21(18)25-13-10-22(11-14-25)15-20(17-26-22)24(2)16-19-8-4-3-5-9-19/h3-9,12,20H,10-11,13-17H2,1-2H3. The molecule has 2 fully saturated rings. The second kappa shape index (κ2) is 7.37. The third-order valence-corrected chi connectivity index (χ3v) is 6.04. The molecule has 1 aromatic carbocycles. The molecule has 0 bridgehead atoms. The van der Waals surface area contributed by atoms with E-state index in [2.05, 4.69) is 65.2 Å². The number of piperidine rings is 1. The number of likely N-dealkylation sites (N-methyl/N-ethyl adjacent to an activating group) is 1. The van der Waals surface area contributed by atoms with Gasteiger partial charge in [-0.1, -0.05) is 36.4 Å². The molecule has 138 valence electrons. The van der Waals surface area contributed by atoms with Crippen molar-refractivity contribution in [2.45, 2.75) is 44.4 Å². The van der Waals surface area contributed by atoms with Gasteiger partial charge in [0.05, 0.1) is 12.2 Å². The van der Waals surface area contributed by atoms with Crippen LogP contribution in [0.2, 0.25) is 0 Å². The Hall–Kier alpha value is -1.91. The number of benzene rings is 1. The summed E-state index contributed by atoms with van der Waals surface area (Å²) in [4.78, 5) is 9.46. The summed E-state index contributed by atoms with van der Waals surface area (Å²) < 4.78 is 6.38. The normalized spacial score (nSPS) is 22.3. The van der Waals surface area contributed by atoms with Gasteiger partial charge in [0.2, 0.25) is 0 Å². The molecule has 0 amide bonds. The fourth-order valence-electron chi connectivity index (χ4n) is 4.39. The molecule has 3 heterocycles. The minimum atomic E-state index is 0.0643. The number of aromatic nitrogens is 1. The lowest BCUT2D eigenvalue weighted by Crippen LogP contribution is -2.45. The number of pyridine rings is 1. The van der Waals surface area contributed by atoms with Gasteiger partial charge >= 0.3 is 0 Å². The van der Waals surface area contributed by atoms with Crippen LogP contribution < -0.4 is 4.90 Å². The molecule has 1 atom stereocenters. The van der Waals surface area contributed by atoms with Crippen molar-refractivity contribution in [3.8, 4) is 0 Å². The lowest BCUT2D eigenvalue weighted by Gasteiger charge is -2.40. The Morgan fingerprint density at radius 1 is 1.15 bits per heavy atom. The first-order valence-electron chi connectivity index (χ1n) is 9.70. The van der Waals surface area contributed by atoms with Crippen molar-refractivity contribution in [1.29, 1.82) is 0 Å². The average Bonchev–Trinajstić information content (AvgIpc) is 3.08. The molecule has 2 saturated heterocycles. The molecule has 2 aliphatic heterocycles. The van der Waals surface area contributed by atoms with E-state index in [0.717, 1.165) is 51.3 Å². The summed E-state index contributed by atoms with van der Waals surface area (Å²) in [6.07, 6.45) is 5.23. The minimum absolute atomic E-state index is 0.0643.